The summed E-state index contributed by atoms with van der Waals surface area (Å²) >= 11 is 0. The van der Waals surface area contributed by atoms with Crippen molar-refractivity contribution >= 4 is 0 Å². The van der Waals surface area contributed by atoms with Crippen LogP contribution >= 0.6 is 0 Å². The first kappa shape index (κ1) is 11.4. The van der Waals surface area contributed by atoms with Crippen LogP contribution < -0.4 is 0 Å². The molecular formula is C16H22. The number of rotatable bonds is 3. The van der Waals surface area contributed by atoms with E-state index >= 15 is 0 Å². The summed E-state index contributed by atoms with van der Waals surface area (Å²) in [6.45, 7) is 3.86. The average Bonchev–Trinajstić information content (AvgIpc) is 2.38. The third kappa shape index (κ3) is 2.75. The second kappa shape index (κ2) is 5.89. The lowest BCUT2D eigenvalue weighted by molar-refractivity contribution is 0.686. The van der Waals surface area contributed by atoms with Crippen molar-refractivity contribution < 1.29 is 0 Å². The molecule has 2 aliphatic rings. The van der Waals surface area contributed by atoms with Crippen LogP contribution in [0, 0.1) is 0 Å². The van der Waals surface area contributed by atoms with Gasteiger partial charge in [-0.2, -0.15) is 0 Å². The Morgan fingerprint density at radius 3 is 1.88 bits per heavy atom. The predicted molar refractivity (Wildman–Crippen MR) is 71.4 cm³/mol. The van der Waals surface area contributed by atoms with E-state index in [4.69, 9.17) is 0 Å². The van der Waals surface area contributed by atoms with E-state index in [2.05, 4.69) is 24.8 Å². The molecule has 0 bridgehead atoms. The van der Waals surface area contributed by atoms with Gasteiger partial charge >= 0.3 is 0 Å². The molecular weight excluding hydrogens is 192 g/mol. The minimum atomic E-state index is 1.26. The van der Waals surface area contributed by atoms with Gasteiger partial charge in [0.25, 0.3) is 0 Å². The Bertz CT molecular complexity index is 311. The Balaban J connectivity index is 2.22. The maximum Gasteiger partial charge on any atom is -0.0199 e. The van der Waals surface area contributed by atoms with Crippen LogP contribution in [-0.4, -0.2) is 0 Å². The summed E-state index contributed by atoms with van der Waals surface area (Å²) in [5.74, 6) is 0. The van der Waals surface area contributed by atoms with Gasteiger partial charge < -0.3 is 0 Å². The summed E-state index contributed by atoms with van der Waals surface area (Å²) in [6, 6.07) is 0. The van der Waals surface area contributed by atoms with Crippen molar-refractivity contribution in [3.63, 3.8) is 0 Å². The van der Waals surface area contributed by atoms with Gasteiger partial charge in [0.2, 0.25) is 0 Å². The molecule has 2 aliphatic carbocycles. The van der Waals surface area contributed by atoms with Crippen molar-refractivity contribution in [2.75, 3.05) is 0 Å². The van der Waals surface area contributed by atoms with Gasteiger partial charge in [0.1, 0.15) is 0 Å². The van der Waals surface area contributed by atoms with Crippen LogP contribution in [0.2, 0.25) is 0 Å². The molecule has 0 spiro atoms. The van der Waals surface area contributed by atoms with Gasteiger partial charge in [-0.1, -0.05) is 30.9 Å². The summed E-state index contributed by atoms with van der Waals surface area (Å²) in [5.41, 5.74) is 4.62. The molecule has 0 radical (unpaired) electrons. The summed E-state index contributed by atoms with van der Waals surface area (Å²) in [4.78, 5) is 0. The van der Waals surface area contributed by atoms with Gasteiger partial charge in [0.15, 0.2) is 0 Å². The summed E-state index contributed by atoms with van der Waals surface area (Å²) in [7, 11) is 0. The Labute approximate surface area is 99.4 Å². The molecule has 16 heavy (non-hydrogen) atoms. The zero-order valence-electron chi connectivity index (χ0n) is 10.2. The van der Waals surface area contributed by atoms with E-state index in [1.165, 1.54) is 56.9 Å². The van der Waals surface area contributed by atoms with Gasteiger partial charge in [0.05, 0.1) is 0 Å². The second-order valence-corrected chi connectivity index (χ2v) is 4.77. The molecule has 0 aromatic heterocycles. The Morgan fingerprint density at radius 2 is 1.50 bits per heavy atom. The van der Waals surface area contributed by atoms with Gasteiger partial charge in [0, 0.05) is 0 Å². The fraction of sp³-hybridized carbons (Fsp3) is 0.500. The predicted octanol–water partition coefficient (Wildman–Crippen LogP) is 5.10. The van der Waals surface area contributed by atoms with E-state index in [1.807, 2.05) is 6.08 Å². The molecule has 0 nitrogen and oxygen atoms in total. The van der Waals surface area contributed by atoms with Gasteiger partial charge in [-0.05, 0) is 68.1 Å². The van der Waals surface area contributed by atoms with E-state index in [9.17, 15) is 0 Å². The van der Waals surface area contributed by atoms with Gasteiger partial charge in [-0.3, -0.25) is 0 Å². The van der Waals surface area contributed by atoms with Gasteiger partial charge in [-0.15, -0.1) is 0 Å². The minimum Gasteiger partial charge on any atom is -0.0990 e. The summed E-state index contributed by atoms with van der Waals surface area (Å²) in [6.07, 6.45) is 19.5. The van der Waals surface area contributed by atoms with Crippen molar-refractivity contribution in [2.45, 2.75) is 51.4 Å². The first-order valence-electron chi connectivity index (χ1n) is 6.63. The van der Waals surface area contributed by atoms with E-state index in [1.54, 1.807) is 11.1 Å². The van der Waals surface area contributed by atoms with Gasteiger partial charge in [-0.25, -0.2) is 0 Å². The lowest BCUT2D eigenvalue weighted by Crippen LogP contribution is -2.01. The number of hydrogen-bond donors (Lipinski definition) is 0. The molecule has 0 heteroatoms. The van der Waals surface area contributed by atoms with Crippen molar-refractivity contribution in [2.24, 2.45) is 0 Å². The third-order valence-electron chi connectivity index (χ3n) is 3.56. The molecule has 86 valence electrons. The number of hydrogen-bond acceptors (Lipinski definition) is 0. The Morgan fingerprint density at radius 1 is 0.938 bits per heavy atom. The van der Waals surface area contributed by atoms with Crippen LogP contribution in [0.4, 0.5) is 0 Å². The second-order valence-electron chi connectivity index (χ2n) is 4.77. The molecule has 0 saturated heterocycles. The van der Waals surface area contributed by atoms with Crippen molar-refractivity contribution in [1.29, 1.82) is 0 Å². The summed E-state index contributed by atoms with van der Waals surface area (Å²) in [5, 5.41) is 0. The van der Waals surface area contributed by atoms with E-state index < -0.39 is 0 Å². The SMILES string of the molecule is C=CC=C(C1=CCCCC1)C1=CCCCC1. The molecule has 0 saturated carbocycles. The molecule has 0 fully saturated rings. The molecule has 0 aromatic rings. The molecule has 0 atom stereocenters. The topological polar surface area (TPSA) is 0 Å². The third-order valence-corrected chi connectivity index (χ3v) is 3.56. The van der Waals surface area contributed by atoms with Crippen LogP contribution in [0.3, 0.4) is 0 Å². The minimum absolute atomic E-state index is 1.26. The van der Waals surface area contributed by atoms with Crippen LogP contribution in [0.5, 0.6) is 0 Å². The van der Waals surface area contributed by atoms with Crippen LogP contribution in [-0.2, 0) is 0 Å². The quantitative estimate of drug-likeness (QED) is 0.573. The fourth-order valence-electron chi connectivity index (χ4n) is 2.70. The molecule has 2 rings (SSSR count). The Hall–Kier alpha value is -1.04. The lowest BCUT2D eigenvalue weighted by Gasteiger charge is -2.21. The molecule has 0 N–H and O–H groups in total. The monoisotopic (exact) mass is 214 g/mol. The fourth-order valence-corrected chi connectivity index (χ4v) is 2.70. The van der Waals surface area contributed by atoms with E-state index in [0.717, 1.165) is 0 Å². The first-order chi connectivity index (χ1) is 7.92. The standard InChI is InChI=1S/C16H22/c1-2-9-16(14-10-5-3-6-11-14)15-12-7-4-8-13-15/h2,9-10,12H,1,3-8,11,13H2. The first-order valence-corrected chi connectivity index (χ1v) is 6.63. The maximum absolute atomic E-state index is 3.86. The van der Waals surface area contributed by atoms with Crippen LogP contribution in [0.15, 0.2) is 47.6 Å². The molecule has 0 heterocycles. The smallest absolute Gasteiger partial charge is 0.0199 e. The molecule has 0 aromatic carbocycles. The number of allylic oxidation sites excluding steroid dienone is 7. The highest BCUT2D eigenvalue weighted by Gasteiger charge is 2.14. The maximum atomic E-state index is 3.86. The zero-order valence-corrected chi connectivity index (χ0v) is 10.2. The van der Waals surface area contributed by atoms with Crippen LogP contribution in [0.25, 0.3) is 0 Å². The highest BCUT2D eigenvalue weighted by molar-refractivity contribution is 5.49. The molecule has 0 amide bonds. The van der Waals surface area contributed by atoms with Crippen LogP contribution in [0.1, 0.15) is 51.4 Å². The highest BCUT2D eigenvalue weighted by atomic mass is 14.2. The van der Waals surface area contributed by atoms with Crippen molar-refractivity contribution in [3.05, 3.63) is 47.6 Å². The Kier molecular flexibility index (Phi) is 4.21. The largest absolute Gasteiger partial charge is 0.0990 e. The highest BCUT2D eigenvalue weighted by Crippen LogP contribution is 2.33. The molecule has 0 unspecified atom stereocenters. The average molecular weight is 214 g/mol. The van der Waals surface area contributed by atoms with Crippen molar-refractivity contribution in [1.82, 2.24) is 0 Å². The zero-order chi connectivity index (χ0) is 11.2. The van der Waals surface area contributed by atoms with E-state index in [0.29, 0.717) is 0 Å². The van der Waals surface area contributed by atoms with Crippen molar-refractivity contribution in [3.8, 4) is 0 Å². The van der Waals surface area contributed by atoms with E-state index in [-0.39, 0.29) is 0 Å². The molecule has 0 aliphatic heterocycles. The lowest BCUT2D eigenvalue weighted by atomic mass is 9.85. The summed E-state index contributed by atoms with van der Waals surface area (Å²) < 4.78 is 0. The normalized spacial score (nSPS) is 20.8.